The third-order valence-corrected chi connectivity index (χ3v) is 3.88. The molecule has 3 nitrogen and oxygen atoms in total. The van der Waals surface area contributed by atoms with E-state index in [1.165, 1.54) is 18.2 Å². The molecule has 0 aliphatic heterocycles. The summed E-state index contributed by atoms with van der Waals surface area (Å²) in [4.78, 5) is 23.8. The standard InChI is InChI=1S/C17H12Cl2F3NO2/c18-11-3-1-10(2-4-11)15(24)7-8-16(25)23-12-5-6-14(19)13(9-12)17(20,21)22/h1-6,9H,7-8H2,(H,23,25). The Hall–Kier alpha value is -2.05. The third kappa shape index (κ3) is 5.47. The molecule has 0 aliphatic rings. The number of halogens is 5. The van der Waals surface area contributed by atoms with Crippen molar-refractivity contribution in [1.82, 2.24) is 0 Å². The number of amides is 1. The van der Waals surface area contributed by atoms with Crippen LogP contribution >= 0.6 is 23.2 Å². The number of ketones is 1. The Morgan fingerprint density at radius 3 is 2.20 bits per heavy atom. The highest BCUT2D eigenvalue weighted by Crippen LogP contribution is 2.36. The van der Waals surface area contributed by atoms with Crippen LogP contribution in [0.3, 0.4) is 0 Å². The van der Waals surface area contributed by atoms with Crippen LogP contribution in [0.15, 0.2) is 42.5 Å². The maximum absolute atomic E-state index is 12.8. The molecule has 0 fully saturated rings. The zero-order valence-electron chi connectivity index (χ0n) is 12.7. The number of Topliss-reactive ketones (excluding diaryl/α,β-unsaturated/α-hetero) is 1. The Balaban J connectivity index is 1.96. The maximum atomic E-state index is 12.8. The fourth-order valence-corrected chi connectivity index (χ4v) is 2.40. The summed E-state index contributed by atoms with van der Waals surface area (Å²) >= 11 is 11.2. The molecule has 0 atom stereocenters. The Bertz CT molecular complexity index is 789. The van der Waals surface area contributed by atoms with Crippen LogP contribution in [-0.4, -0.2) is 11.7 Å². The second-order valence-corrected chi connectivity index (χ2v) is 6.01. The van der Waals surface area contributed by atoms with E-state index >= 15 is 0 Å². The molecule has 0 saturated heterocycles. The topological polar surface area (TPSA) is 46.2 Å². The van der Waals surface area contributed by atoms with Gasteiger partial charge in [-0.1, -0.05) is 23.2 Å². The van der Waals surface area contributed by atoms with Gasteiger partial charge in [0.2, 0.25) is 5.91 Å². The molecule has 132 valence electrons. The number of benzene rings is 2. The molecule has 0 heterocycles. The molecule has 25 heavy (non-hydrogen) atoms. The van der Waals surface area contributed by atoms with Gasteiger partial charge >= 0.3 is 6.18 Å². The molecular formula is C17H12Cl2F3NO2. The van der Waals surface area contributed by atoms with E-state index in [9.17, 15) is 22.8 Å². The van der Waals surface area contributed by atoms with Crippen LogP contribution in [0.4, 0.5) is 18.9 Å². The first kappa shape index (κ1) is 19.3. The van der Waals surface area contributed by atoms with Gasteiger partial charge in [0.1, 0.15) is 0 Å². The highest BCUT2D eigenvalue weighted by Gasteiger charge is 2.33. The van der Waals surface area contributed by atoms with Crippen molar-refractivity contribution < 1.29 is 22.8 Å². The van der Waals surface area contributed by atoms with Gasteiger partial charge in [-0.15, -0.1) is 0 Å². The van der Waals surface area contributed by atoms with E-state index in [4.69, 9.17) is 23.2 Å². The zero-order valence-corrected chi connectivity index (χ0v) is 14.2. The van der Waals surface area contributed by atoms with Crippen LogP contribution in [0.1, 0.15) is 28.8 Å². The molecule has 2 rings (SSSR count). The smallest absolute Gasteiger partial charge is 0.326 e. The van der Waals surface area contributed by atoms with Crippen molar-refractivity contribution in [2.75, 3.05) is 5.32 Å². The predicted octanol–water partition coefficient (Wildman–Crippen LogP) is 5.61. The SMILES string of the molecule is O=C(CCC(=O)c1ccc(Cl)cc1)Nc1ccc(Cl)c(C(F)(F)F)c1. The van der Waals surface area contributed by atoms with Gasteiger partial charge in [-0.3, -0.25) is 9.59 Å². The highest BCUT2D eigenvalue weighted by atomic mass is 35.5. The fourth-order valence-electron chi connectivity index (χ4n) is 2.05. The van der Waals surface area contributed by atoms with Gasteiger partial charge in [-0.2, -0.15) is 13.2 Å². The van der Waals surface area contributed by atoms with E-state index in [-0.39, 0.29) is 24.3 Å². The lowest BCUT2D eigenvalue weighted by molar-refractivity contribution is -0.137. The van der Waals surface area contributed by atoms with Crippen LogP contribution < -0.4 is 5.32 Å². The van der Waals surface area contributed by atoms with E-state index < -0.39 is 22.7 Å². The molecule has 0 spiro atoms. The summed E-state index contributed by atoms with van der Waals surface area (Å²) in [5.41, 5.74) is -0.673. The molecule has 1 amide bonds. The summed E-state index contributed by atoms with van der Waals surface area (Å²) in [6.45, 7) is 0. The molecule has 1 N–H and O–H groups in total. The second kappa shape index (κ2) is 7.89. The van der Waals surface area contributed by atoms with Crippen molar-refractivity contribution >= 4 is 40.6 Å². The first-order chi connectivity index (χ1) is 11.7. The van der Waals surface area contributed by atoms with Crippen molar-refractivity contribution in [2.24, 2.45) is 0 Å². The van der Waals surface area contributed by atoms with Crippen LogP contribution in [-0.2, 0) is 11.0 Å². The highest BCUT2D eigenvalue weighted by molar-refractivity contribution is 6.31. The Labute approximate surface area is 151 Å². The average molecular weight is 390 g/mol. The summed E-state index contributed by atoms with van der Waals surface area (Å²) in [5, 5.41) is 2.36. The number of nitrogens with one attached hydrogen (secondary N) is 1. The van der Waals surface area contributed by atoms with Gasteiger partial charge in [0.25, 0.3) is 0 Å². The maximum Gasteiger partial charge on any atom is 0.417 e. The van der Waals surface area contributed by atoms with Crippen molar-refractivity contribution in [3.05, 3.63) is 63.6 Å². The Morgan fingerprint density at radius 2 is 1.60 bits per heavy atom. The fraction of sp³-hybridized carbons (Fsp3) is 0.176. The summed E-state index contributed by atoms with van der Waals surface area (Å²) in [6, 6.07) is 9.26. The minimum atomic E-state index is -4.62. The second-order valence-electron chi connectivity index (χ2n) is 5.17. The van der Waals surface area contributed by atoms with Crippen molar-refractivity contribution in [1.29, 1.82) is 0 Å². The number of carbonyl (C=O) groups is 2. The molecule has 0 radical (unpaired) electrons. The summed E-state index contributed by atoms with van der Waals surface area (Å²) in [7, 11) is 0. The zero-order chi connectivity index (χ0) is 18.6. The summed E-state index contributed by atoms with van der Waals surface area (Å²) in [6.07, 6.45) is -4.86. The number of carbonyl (C=O) groups excluding carboxylic acids is 2. The Morgan fingerprint density at radius 1 is 0.960 bits per heavy atom. The molecule has 8 heteroatoms. The first-order valence-corrected chi connectivity index (χ1v) is 7.88. The monoisotopic (exact) mass is 389 g/mol. The van der Waals surface area contributed by atoms with Crippen LogP contribution in [0, 0.1) is 0 Å². The van der Waals surface area contributed by atoms with Crippen LogP contribution in [0.25, 0.3) is 0 Å². The number of hydrogen-bond acceptors (Lipinski definition) is 2. The number of rotatable bonds is 5. The lowest BCUT2D eigenvalue weighted by atomic mass is 10.1. The predicted molar refractivity (Wildman–Crippen MR) is 90.1 cm³/mol. The first-order valence-electron chi connectivity index (χ1n) is 7.12. The lowest BCUT2D eigenvalue weighted by Crippen LogP contribution is -2.14. The van der Waals surface area contributed by atoms with Gasteiger partial charge in [0, 0.05) is 29.1 Å². The minimum absolute atomic E-state index is 0.0410. The van der Waals surface area contributed by atoms with E-state index in [1.807, 2.05) is 0 Å². The van der Waals surface area contributed by atoms with Crippen molar-refractivity contribution in [3.63, 3.8) is 0 Å². The number of anilines is 1. The average Bonchev–Trinajstić information content (AvgIpc) is 2.54. The molecule has 0 unspecified atom stereocenters. The van der Waals surface area contributed by atoms with Gasteiger partial charge < -0.3 is 5.32 Å². The van der Waals surface area contributed by atoms with E-state index in [1.54, 1.807) is 12.1 Å². The third-order valence-electron chi connectivity index (χ3n) is 3.30. The van der Waals surface area contributed by atoms with Crippen LogP contribution in [0.2, 0.25) is 10.0 Å². The molecule has 0 bridgehead atoms. The van der Waals surface area contributed by atoms with Gasteiger partial charge in [-0.05, 0) is 42.5 Å². The molecule has 0 aromatic heterocycles. The minimum Gasteiger partial charge on any atom is -0.326 e. The van der Waals surface area contributed by atoms with Gasteiger partial charge in [0.05, 0.1) is 10.6 Å². The van der Waals surface area contributed by atoms with E-state index in [0.29, 0.717) is 10.6 Å². The molecule has 0 saturated carbocycles. The largest absolute Gasteiger partial charge is 0.417 e. The van der Waals surface area contributed by atoms with E-state index in [2.05, 4.69) is 5.32 Å². The molecule has 0 aliphatic carbocycles. The Kier molecular flexibility index (Phi) is 6.08. The normalized spacial score (nSPS) is 11.2. The van der Waals surface area contributed by atoms with E-state index in [0.717, 1.165) is 12.1 Å². The van der Waals surface area contributed by atoms with Crippen LogP contribution in [0.5, 0.6) is 0 Å². The van der Waals surface area contributed by atoms with Crippen molar-refractivity contribution in [3.8, 4) is 0 Å². The number of hydrogen-bond donors (Lipinski definition) is 1. The lowest BCUT2D eigenvalue weighted by Gasteiger charge is -2.11. The van der Waals surface area contributed by atoms with Gasteiger partial charge in [0.15, 0.2) is 5.78 Å². The quantitative estimate of drug-likeness (QED) is 0.675. The molecule has 2 aromatic rings. The summed E-state index contributed by atoms with van der Waals surface area (Å²) in [5.74, 6) is -0.836. The number of alkyl halides is 3. The molecular weight excluding hydrogens is 378 g/mol. The van der Waals surface area contributed by atoms with Gasteiger partial charge in [-0.25, -0.2) is 0 Å². The van der Waals surface area contributed by atoms with Crippen molar-refractivity contribution in [2.45, 2.75) is 19.0 Å². The molecule has 2 aromatic carbocycles. The summed E-state index contributed by atoms with van der Waals surface area (Å²) < 4.78 is 38.4.